The molecule has 7 nitrogen and oxygen atoms in total. The molecular weight excluding hydrogens is 342 g/mol. The number of alkyl halides is 2. The SMILES string of the molecule is CCC1CN(C(=O)NCC(F)F)CC1Nc1c(C#N)cnc2[nH]ccc12. The summed E-state index contributed by atoms with van der Waals surface area (Å²) in [5.41, 5.74) is 1.77. The molecule has 3 N–H and O–H groups in total. The topological polar surface area (TPSA) is 96.8 Å². The first-order valence-electron chi connectivity index (χ1n) is 8.47. The predicted octanol–water partition coefficient (Wildman–Crippen LogP) is 2.53. The third-order valence-corrected chi connectivity index (χ3v) is 4.70. The zero-order valence-electron chi connectivity index (χ0n) is 14.3. The molecule has 9 heteroatoms. The van der Waals surface area contributed by atoms with E-state index >= 15 is 0 Å². The van der Waals surface area contributed by atoms with Crippen molar-refractivity contribution in [3.8, 4) is 6.07 Å². The molecule has 0 radical (unpaired) electrons. The number of hydrogen-bond donors (Lipinski definition) is 3. The lowest BCUT2D eigenvalue weighted by atomic mass is 10.00. The van der Waals surface area contributed by atoms with E-state index in [0.29, 0.717) is 30.0 Å². The van der Waals surface area contributed by atoms with Crippen molar-refractivity contribution in [3.05, 3.63) is 24.0 Å². The molecule has 0 bridgehead atoms. The Morgan fingerprint density at radius 1 is 1.54 bits per heavy atom. The number of H-pyrrole nitrogens is 1. The standard InChI is InChI=1S/C17H20F2N6O/c1-2-10-8-25(17(26)23-7-14(18)19)9-13(10)24-15-11(5-20)6-22-16-12(15)3-4-21-16/h3-4,6,10,13-14H,2,7-9H2,1H3,(H,23,26)(H2,21,22,24). The number of fused-ring (bicyclic) bond motifs is 1. The molecule has 0 saturated carbocycles. The molecule has 3 heterocycles. The van der Waals surface area contributed by atoms with Crippen molar-refractivity contribution >= 4 is 22.8 Å². The lowest BCUT2D eigenvalue weighted by molar-refractivity contribution is 0.141. The molecule has 2 aromatic rings. The Balaban J connectivity index is 1.78. The van der Waals surface area contributed by atoms with Gasteiger partial charge in [0.05, 0.1) is 17.8 Å². The Morgan fingerprint density at radius 3 is 3.04 bits per heavy atom. The molecule has 138 valence electrons. The molecule has 0 spiro atoms. The van der Waals surface area contributed by atoms with Gasteiger partial charge in [-0.3, -0.25) is 0 Å². The fourth-order valence-electron chi connectivity index (χ4n) is 3.32. The van der Waals surface area contributed by atoms with Crippen molar-refractivity contribution in [2.45, 2.75) is 25.8 Å². The average molecular weight is 362 g/mol. The van der Waals surface area contributed by atoms with Gasteiger partial charge >= 0.3 is 6.03 Å². The van der Waals surface area contributed by atoms with Crippen LogP contribution in [0.5, 0.6) is 0 Å². The monoisotopic (exact) mass is 362 g/mol. The van der Waals surface area contributed by atoms with Crippen molar-refractivity contribution in [1.82, 2.24) is 20.2 Å². The number of aromatic amines is 1. The van der Waals surface area contributed by atoms with E-state index in [1.165, 1.54) is 11.1 Å². The minimum absolute atomic E-state index is 0.0788. The molecule has 0 aromatic carbocycles. The first-order valence-corrected chi connectivity index (χ1v) is 8.47. The minimum Gasteiger partial charge on any atom is -0.378 e. The van der Waals surface area contributed by atoms with Crippen LogP contribution in [0.2, 0.25) is 0 Å². The summed E-state index contributed by atoms with van der Waals surface area (Å²) in [6.07, 6.45) is 1.50. The Labute approximate surface area is 149 Å². The average Bonchev–Trinajstić information content (AvgIpc) is 3.26. The first-order chi connectivity index (χ1) is 12.5. The van der Waals surface area contributed by atoms with E-state index < -0.39 is 19.0 Å². The molecule has 1 aliphatic rings. The largest absolute Gasteiger partial charge is 0.378 e. The lowest BCUT2D eigenvalue weighted by Crippen LogP contribution is -2.41. The molecule has 3 rings (SSSR count). The van der Waals surface area contributed by atoms with Crippen LogP contribution in [0.4, 0.5) is 19.3 Å². The number of aromatic nitrogens is 2. The summed E-state index contributed by atoms with van der Waals surface area (Å²) in [7, 11) is 0. The second-order valence-corrected chi connectivity index (χ2v) is 6.30. The number of nitriles is 1. The third-order valence-electron chi connectivity index (χ3n) is 4.70. The van der Waals surface area contributed by atoms with Crippen LogP contribution in [0.1, 0.15) is 18.9 Å². The third kappa shape index (κ3) is 3.54. The van der Waals surface area contributed by atoms with Gasteiger partial charge < -0.3 is 20.5 Å². The maximum atomic E-state index is 12.3. The smallest absolute Gasteiger partial charge is 0.317 e. The van der Waals surface area contributed by atoms with Gasteiger partial charge in [0.1, 0.15) is 11.7 Å². The Morgan fingerprint density at radius 2 is 2.35 bits per heavy atom. The fourth-order valence-corrected chi connectivity index (χ4v) is 3.32. The number of carbonyl (C=O) groups excluding carboxylic acids is 1. The zero-order valence-corrected chi connectivity index (χ0v) is 14.3. The molecule has 0 aliphatic carbocycles. The predicted molar refractivity (Wildman–Crippen MR) is 93.0 cm³/mol. The Kier molecular flexibility index (Phi) is 5.21. The van der Waals surface area contributed by atoms with Crippen LogP contribution in [0.15, 0.2) is 18.5 Å². The van der Waals surface area contributed by atoms with Gasteiger partial charge in [-0.2, -0.15) is 5.26 Å². The van der Waals surface area contributed by atoms with Crippen LogP contribution in [0.25, 0.3) is 11.0 Å². The Bertz CT molecular complexity index is 830. The fraction of sp³-hybridized carbons (Fsp3) is 0.471. The molecule has 2 amide bonds. The van der Waals surface area contributed by atoms with Crippen molar-refractivity contribution < 1.29 is 13.6 Å². The van der Waals surface area contributed by atoms with Gasteiger partial charge in [0.15, 0.2) is 0 Å². The molecule has 2 unspecified atom stereocenters. The van der Waals surface area contributed by atoms with Gasteiger partial charge in [0, 0.05) is 36.9 Å². The number of halogens is 2. The highest BCUT2D eigenvalue weighted by Gasteiger charge is 2.35. The maximum Gasteiger partial charge on any atom is 0.317 e. The second kappa shape index (κ2) is 7.56. The summed E-state index contributed by atoms with van der Waals surface area (Å²) < 4.78 is 24.6. The summed E-state index contributed by atoms with van der Waals surface area (Å²) in [4.78, 5) is 20.8. The number of nitrogens with one attached hydrogen (secondary N) is 3. The van der Waals surface area contributed by atoms with E-state index in [9.17, 15) is 18.8 Å². The maximum absolute atomic E-state index is 12.3. The summed E-state index contributed by atoms with van der Waals surface area (Å²) in [6.45, 7) is 2.22. The number of carbonyl (C=O) groups is 1. The number of amides is 2. The van der Waals surface area contributed by atoms with E-state index in [-0.39, 0.29) is 12.0 Å². The van der Waals surface area contributed by atoms with Crippen LogP contribution in [0, 0.1) is 17.2 Å². The van der Waals surface area contributed by atoms with E-state index in [0.717, 1.165) is 11.8 Å². The highest BCUT2D eigenvalue weighted by atomic mass is 19.3. The van der Waals surface area contributed by atoms with Crippen molar-refractivity contribution in [2.75, 3.05) is 25.0 Å². The van der Waals surface area contributed by atoms with Crippen LogP contribution < -0.4 is 10.6 Å². The van der Waals surface area contributed by atoms with Gasteiger partial charge in [-0.1, -0.05) is 6.92 Å². The molecule has 2 aromatic heterocycles. The quantitative estimate of drug-likeness (QED) is 0.761. The number of urea groups is 1. The number of anilines is 1. The van der Waals surface area contributed by atoms with E-state index in [4.69, 9.17) is 0 Å². The first kappa shape index (κ1) is 17.9. The van der Waals surface area contributed by atoms with Crippen molar-refractivity contribution in [3.63, 3.8) is 0 Å². The molecule has 26 heavy (non-hydrogen) atoms. The van der Waals surface area contributed by atoms with Gasteiger partial charge in [-0.25, -0.2) is 18.6 Å². The van der Waals surface area contributed by atoms with E-state index in [2.05, 4.69) is 26.7 Å². The molecule has 1 saturated heterocycles. The van der Waals surface area contributed by atoms with Crippen LogP contribution >= 0.6 is 0 Å². The number of rotatable bonds is 5. The molecule has 2 atom stereocenters. The molecule has 1 aliphatic heterocycles. The number of nitrogens with zero attached hydrogens (tertiary/aromatic N) is 3. The van der Waals surface area contributed by atoms with Crippen LogP contribution in [-0.4, -0.2) is 53.0 Å². The van der Waals surface area contributed by atoms with Gasteiger partial charge in [-0.15, -0.1) is 0 Å². The van der Waals surface area contributed by atoms with E-state index in [1.807, 2.05) is 13.0 Å². The van der Waals surface area contributed by atoms with Gasteiger partial charge in [0.2, 0.25) is 0 Å². The molecule has 1 fully saturated rings. The number of pyridine rings is 1. The number of likely N-dealkylation sites (tertiary alicyclic amines) is 1. The Hall–Kier alpha value is -2.89. The lowest BCUT2D eigenvalue weighted by Gasteiger charge is -2.21. The minimum atomic E-state index is -2.57. The second-order valence-electron chi connectivity index (χ2n) is 6.30. The van der Waals surface area contributed by atoms with Crippen molar-refractivity contribution in [1.29, 1.82) is 5.26 Å². The van der Waals surface area contributed by atoms with E-state index in [1.54, 1.807) is 6.20 Å². The van der Waals surface area contributed by atoms with Crippen LogP contribution in [-0.2, 0) is 0 Å². The highest BCUT2D eigenvalue weighted by Crippen LogP contribution is 2.30. The molecular formula is C17H20F2N6O. The highest BCUT2D eigenvalue weighted by molar-refractivity contribution is 5.92. The summed E-state index contributed by atoms with van der Waals surface area (Å²) >= 11 is 0. The summed E-state index contributed by atoms with van der Waals surface area (Å²) in [6, 6.07) is 3.41. The van der Waals surface area contributed by atoms with Gasteiger partial charge in [-0.05, 0) is 18.4 Å². The van der Waals surface area contributed by atoms with Crippen molar-refractivity contribution in [2.24, 2.45) is 5.92 Å². The van der Waals surface area contributed by atoms with Crippen LogP contribution in [0.3, 0.4) is 0 Å². The van der Waals surface area contributed by atoms with Gasteiger partial charge in [0.25, 0.3) is 6.43 Å². The summed E-state index contributed by atoms with van der Waals surface area (Å²) in [5.74, 6) is 0.154. The normalized spacial score (nSPS) is 19.7. The number of hydrogen-bond acceptors (Lipinski definition) is 4. The zero-order chi connectivity index (χ0) is 18.7. The summed E-state index contributed by atoms with van der Waals surface area (Å²) in [5, 5.41) is 15.8.